The van der Waals surface area contributed by atoms with Gasteiger partial charge >= 0.3 is 0 Å². The predicted molar refractivity (Wildman–Crippen MR) is 100 cm³/mol. The van der Waals surface area contributed by atoms with Crippen molar-refractivity contribution in [1.82, 2.24) is 24.0 Å². The molecule has 0 aliphatic carbocycles. The monoisotopic (exact) mass is 409 g/mol. The van der Waals surface area contributed by atoms with Gasteiger partial charge in [-0.05, 0) is 32.0 Å². The highest BCUT2D eigenvalue weighted by Gasteiger charge is 2.47. The summed E-state index contributed by atoms with van der Waals surface area (Å²) in [5.41, 5.74) is 0.472. The van der Waals surface area contributed by atoms with Gasteiger partial charge in [0.25, 0.3) is 5.91 Å². The Morgan fingerprint density at radius 1 is 1.19 bits per heavy atom. The molecule has 0 N–H and O–H groups in total. The molecule has 1 aromatic heterocycles. The van der Waals surface area contributed by atoms with E-state index >= 15 is 0 Å². The standard InChI is InChI=1S/C17H20ClN5O3S/c1-11-19-12(2)23(20-11)15-7-22(8-15)27(25,26)16-9-21(10-16)17(24)13-4-3-5-14(18)6-13/h3-6,15-16H,7-10H2,1-2H3. The van der Waals surface area contributed by atoms with E-state index in [0.29, 0.717) is 29.5 Å². The summed E-state index contributed by atoms with van der Waals surface area (Å²) in [6.45, 7) is 4.88. The maximum Gasteiger partial charge on any atom is 0.253 e. The molecule has 0 unspecified atom stereocenters. The lowest BCUT2D eigenvalue weighted by Gasteiger charge is -2.45. The number of sulfonamides is 1. The minimum Gasteiger partial charge on any atom is -0.336 e. The Morgan fingerprint density at radius 3 is 2.48 bits per heavy atom. The Labute approximate surface area is 162 Å². The number of aryl methyl sites for hydroxylation is 2. The molecule has 0 radical (unpaired) electrons. The maximum absolute atomic E-state index is 12.7. The van der Waals surface area contributed by atoms with Crippen molar-refractivity contribution in [2.75, 3.05) is 26.2 Å². The number of halogens is 1. The average molecular weight is 410 g/mol. The van der Waals surface area contributed by atoms with Gasteiger partial charge in [0, 0.05) is 36.8 Å². The second-order valence-electron chi connectivity index (χ2n) is 7.01. The van der Waals surface area contributed by atoms with E-state index in [9.17, 15) is 13.2 Å². The number of aromatic nitrogens is 3. The van der Waals surface area contributed by atoms with Gasteiger partial charge in [-0.2, -0.15) is 9.40 Å². The summed E-state index contributed by atoms with van der Waals surface area (Å²) in [6.07, 6.45) is 0. The van der Waals surface area contributed by atoms with Gasteiger partial charge in [0.05, 0.1) is 6.04 Å². The lowest BCUT2D eigenvalue weighted by Crippen LogP contribution is -2.63. The Bertz CT molecular complexity index is 994. The molecule has 0 spiro atoms. The highest BCUT2D eigenvalue weighted by atomic mass is 35.5. The molecule has 3 heterocycles. The molecule has 2 saturated heterocycles. The quantitative estimate of drug-likeness (QED) is 0.758. The number of amides is 1. The predicted octanol–water partition coefficient (Wildman–Crippen LogP) is 1.26. The van der Waals surface area contributed by atoms with Gasteiger partial charge in [-0.3, -0.25) is 4.79 Å². The summed E-state index contributed by atoms with van der Waals surface area (Å²) in [7, 11) is -3.42. The fourth-order valence-electron chi connectivity index (χ4n) is 3.47. The summed E-state index contributed by atoms with van der Waals surface area (Å²) in [6, 6.07) is 6.69. The van der Waals surface area contributed by atoms with Crippen LogP contribution in [0.25, 0.3) is 0 Å². The number of rotatable bonds is 4. The first-order chi connectivity index (χ1) is 12.8. The molecule has 10 heteroatoms. The zero-order valence-corrected chi connectivity index (χ0v) is 16.6. The molecule has 2 aliphatic rings. The largest absolute Gasteiger partial charge is 0.336 e. The Morgan fingerprint density at radius 2 is 1.89 bits per heavy atom. The van der Waals surface area contributed by atoms with Gasteiger partial charge in [-0.1, -0.05) is 17.7 Å². The zero-order chi connectivity index (χ0) is 19.3. The van der Waals surface area contributed by atoms with Crippen LogP contribution >= 0.6 is 11.6 Å². The molecule has 4 rings (SSSR count). The topological polar surface area (TPSA) is 88.4 Å². The zero-order valence-electron chi connectivity index (χ0n) is 15.0. The Balaban J connectivity index is 1.35. The van der Waals surface area contributed by atoms with Gasteiger partial charge in [0.2, 0.25) is 10.0 Å². The second-order valence-corrected chi connectivity index (χ2v) is 9.66. The van der Waals surface area contributed by atoms with E-state index in [4.69, 9.17) is 11.6 Å². The number of hydrogen-bond donors (Lipinski definition) is 0. The molecule has 1 amide bonds. The smallest absolute Gasteiger partial charge is 0.253 e. The normalized spacial score (nSPS) is 19.0. The highest BCUT2D eigenvalue weighted by Crippen LogP contribution is 2.30. The number of carbonyl (C=O) groups is 1. The molecule has 2 aliphatic heterocycles. The fraction of sp³-hybridized carbons (Fsp3) is 0.471. The molecule has 1 aromatic carbocycles. The van der Waals surface area contributed by atoms with Gasteiger partial charge in [0.1, 0.15) is 16.9 Å². The number of nitrogens with zero attached hydrogens (tertiary/aromatic N) is 5. The van der Waals surface area contributed by atoms with Crippen LogP contribution in [0.1, 0.15) is 28.0 Å². The van der Waals surface area contributed by atoms with E-state index in [-0.39, 0.29) is 25.0 Å². The molecular formula is C17H20ClN5O3S. The first-order valence-corrected chi connectivity index (χ1v) is 10.6. The number of hydrogen-bond acceptors (Lipinski definition) is 5. The number of benzene rings is 1. The third kappa shape index (κ3) is 3.24. The van der Waals surface area contributed by atoms with Crippen LogP contribution in [-0.4, -0.2) is 69.7 Å². The van der Waals surface area contributed by atoms with Crippen molar-refractivity contribution in [2.45, 2.75) is 25.1 Å². The van der Waals surface area contributed by atoms with E-state index in [1.807, 2.05) is 13.8 Å². The average Bonchev–Trinajstić information content (AvgIpc) is 2.82. The molecule has 2 aromatic rings. The molecule has 2 fully saturated rings. The molecule has 8 nitrogen and oxygen atoms in total. The van der Waals surface area contributed by atoms with Crippen LogP contribution in [0.15, 0.2) is 24.3 Å². The SMILES string of the molecule is Cc1nc(C)n(C2CN(S(=O)(=O)C3CN(C(=O)c4cccc(Cl)c4)C3)C2)n1. The Kier molecular flexibility index (Phi) is 4.48. The van der Waals surface area contributed by atoms with Crippen LogP contribution in [-0.2, 0) is 10.0 Å². The van der Waals surface area contributed by atoms with E-state index in [1.54, 1.807) is 28.9 Å². The van der Waals surface area contributed by atoms with Crippen molar-refractivity contribution >= 4 is 27.5 Å². The van der Waals surface area contributed by atoms with Crippen molar-refractivity contribution in [3.63, 3.8) is 0 Å². The highest BCUT2D eigenvalue weighted by molar-refractivity contribution is 7.89. The van der Waals surface area contributed by atoms with Crippen LogP contribution in [0.4, 0.5) is 0 Å². The van der Waals surface area contributed by atoms with Crippen LogP contribution in [0, 0.1) is 13.8 Å². The lowest BCUT2D eigenvalue weighted by molar-refractivity contribution is 0.0650. The maximum atomic E-state index is 12.7. The van der Waals surface area contributed by atoms with E-state index in [2.05, 4.69) is 10.1 Å². The Hall–Kier alpha value is -1.97. The fourth-order valence-corrected chi connectivity index (χ4v) is 5.58. The van der Waals surface area contributed by atoms with E-state index in [1.165, 1.54) is 9.21 Å². The summed E-state index contributed by atoms with van der Waals surface area (Å²) in [4.78, 5) is 18.2. The van der Waals surface area contributed by atoms with Crippen molar-refractivity contribution in [1.29, 1.82) is 0 Å². The van der Waals surface area contributed by atoms with Crippen LogP contribution in [0.3, 0.4) is 0 Å². The third-order valence-corrected chi connectivity index (χ3v) is 7.46. The minimum atomic E-state index is -3.42. The van der Waals surface area contributed by atoms with Gasteiger partial charge < -0.3 is 4.90 Å². The molecule has 27 heavy (non-hydrogen) atoms. The molecule has 0 bridgehead atoms. The molecule has 0 saturated carbocycles. The summed E-state index contributed by atoms with van der Waals surface area (Å²) < 4.78 is 28.7. The number of likely N-dealkylation sites (tertiary alicyclic amines) is 1. The van der Waals surface area contributed by atoms with Crippen molar-refractivity contribution in [3.8, 4) is 0 Å². The minimum absolute atomic E-state index is 0.0187. The number of carbonyl (C=O) groups excluding carboxylic acids is 1. The summed E-state index contributed by atoms with van der Waals surface area (Å²) >= 11 is 5.92. The van der Waals surface area contributed by atoms with Crippen molar-refractivity contribution < 1.29 is 13.2 Å². The van der Waals surface area contributed by atoms with Crippen molar-refractivity contribution in [3.05, 3.63) is 46.5 Å². The molecule has 0 atom stereocenters. The van der Waals surface area contributed by atoms with Crippen LogP contribution in [0.2, 0.25) is 5.02 Å². The summed E-state index contributed by atoms with van der Waals surface area (Å²) in [5.74, 6) is 1.28. The van der Waals surface area contributed by atoms with Gasteiger partial charge in [-0.15, -0.1) is 0 Å². The van der Waals surface area contributed by atoms with Crippen molar-refractivity contribution in [2.24, 2.45) is 0 Å². The second kappa shape index (κ2) is 6.57. The van der Waals surface area contributed by atoms with Gasteiger partial charge in [-0.25, -0.2) is 18.1 Å². The molecular weight excluding hydrogens is 390 g/mol. The van der Waals surface area contributed by atoms with Crippen LogP contribution in [0.5, 0.6) is 0 Å². The first kappa shape index (κ1) is 18.4. The van der Waals surface area contributed by atoms with Gasteiger partial charge in [0.15, 0.2) is 0 Å². The lowest BCUT2D eigenvalue weighted by atomic mass is 10.1. The third-order valence-electron chi connectivity index (χ3n) is 5.07. The van der Waals surface area contributed by atoms with E-state index < -0.39 is 15.3 Å². The first-order valence-electron chi connectivity index (χ1n) is 8.69. The van der Waals surface area contributed by atoms with E-state index in [0.717, 1.165) is 5.82 Å². The molecule has 144 valence electrons. The van der Waals surface area contributed by atoms with Crippen LogP contribution < -0.4 is 0 Å². The summed E-state index contributed by atoms with van der Waals surface area (Å²) in [5, 5.41) is 4.25.